The summed E-state index contributed by atoms with van der Waals surface area (Å²) in [6.45, 7) is 7.69. The molecule has 0 fully saturated rings. The molecule has 0 aliphatic rings. The van der Waals surface area contributed by atoms with Gasteiger partial charge in [-0.15, -0.1) is 0 Å². The van der Waals surface area contributed by atoms with Crippen LogP contribution in [0.1, 0.15) is 32.4 Å². The number of rotatable bonds is 8. The summed E-state index contributed by atoms with van der Waals surface area (Å²) in [6.07, 6.45) is 0.0826. The summed E-state index contributed by atoms with van der Waals surface area (Å²) < 4.78 is 12.3. The topological polar surface area (TPSA) is 30.5 Å². The van der Waals surface area contributed by atoms with Crippen molar-refractivity contribution in [3.05, 3.63) is 34.3 Å². The zero-order chi connectivity index (χ0) is 14.3. The zero-order valence-electron chi connectivity index (χ0n) is 12.2. The van der Waals surface area contributed by atoms with E-state index in [1.54, 1.807) is 7.11 Å². The average Bonchev–Trinajstić information content (AvgIpc) is 2.35. The van der Waals surface area contributed by atoms with Gasteiger partial charge < -0.3 is 14.8 Å². The summed E-state index contributed by atoms with van der Waals surface area (Å²) in [4.78, 5) is 0. The minimum atomic E-state index is 0.0168. The van der Waals surface area contributed by atoms with Crippen LogP contribution in [0, 0.1) is 0 Å². The number of benzene rings is 1. The van der Waals surface area contributed by atoms with Gasteiger partial charge in [0.15, 0.2) is 0 Å². The SMILES string of the molecule is COCC(C)OC(CNC(C)C)c1ccccc1Br. The molecule has 0 heterocycles. The highest BCUT2D eigenvalue weighted by molar-refractivity contribution is 9.10. The minimum Gasteiger partial charge on any atom is -0.382 e. The Morgan fingerprint density at radius 3 is 2.47 bits per heavy atom. The molecule has 0 spiro atoms. The van der Waals surface area contributed by atoms with Crippen LogP contribution in [0.2, 0.25) is 0 Å². The third-order valence-electron chi connectivity index (χ3n) is 2.76. The Kier molecular flexibility index (Phi) is 7.61. The summed E-state index contributed by atoms with van der Waals surface area (Å²) >= 11 is 3.59. The van der Waals surface area contributed by atoms with E-state index in [9.17, 15) is 0 Å². The van der Waals surface area contributed by atoms with Gasteiger partial charge in [0, 0.05) is 24.2 Å². The highest BCUT2D eigenvalue weighted by Crippen LogP contribution is 2.26. The highest BCUT2D eigenvalue weighted by Gasteiger charge is 2.18. The van der Waals surface area contributed by atoms with E-state index in [1.807, 2.05) is 25.1 Å². The molecule has 1 N–H and O–H groups in total. The van der Waals surface area contributed by atoms with Gasteiger partial charge in [0.2, 0.25) is 0 Å². The first kappa shape index (κ1) is 16.6. The summed E-state index contributed by atoms with van der Waals surface area (Å²) in [5.74, 6) is 0. The Labute approximate surface area is 124 Å². The fraction of sp³-hybridized carbons (Fsp3) is 0.600. The fourth-order valence-electron chi connectivity index (χ4n) is 1.86. The maximum atomic E-state index is 6.09. The van der Waals surface area contributed by atoms with Gasteiger partial charge in [-0.05, 0) is 18.6 Å². The predicted octanol–water partition coefficient (Wildman–Crippen LogP) is 3.54. The Bertz CT molecular complexity index is 371. The van der Waals surface area contributed by atoms with Gasteiger partial charge in [-0.25, -0.2) is 0 Å². The van der Waals surface area contributed by atoms with E-state index in [1.165, 1.54) is 5.56 Å². The number of nitrogens with one attached hydrogen (secondary N) is 1. The Morgan fingerprint density at radius 1 is 1.21 bits per heavy atom. The van der Waals surface area contributed by atoms with Gasteiger partial charge in [0.05, 0.1) is 18.8 Å². The first-order valence-electron chi connectivity index (χ1n) is 6.66. The summed E-state index contributed by atoms with van der Waals surface area (Å²) in [6, 6.07) is 8.62. The second-order valence-corrected chi connectivity index (χ2v) is 5.83. The standard InChI is InChI=1S/C15H24BrNO2/c1-11(2)17-9-15(19-12(3)10-18-4)13-7-5-6-8-14(13)16/h5-8,11-12,15,17H,9-10H2,1-4H3. The van der Waals surface area contributed by atoms with Crippen LogP contribution in [0.15, 0.2) is 28.7 Å². The van der Waals surface area contributed by atoms with E-state index in [0.29, 0.717) is 12.6 Å². The maximum absolute atomic E-state index is 6.09. The van der Waals surface area contributed by atoms with Gasteiger partial charge in [0.25, 0.3) is 0 Å². The van der Waals surface area contributed by atoms with Gasteiger partial charge in [-0.2, -0.15) is 0 Å². The molecule has 1 aromatic rings. The monoisotopic (exact) mass is 329 g/mol. The lowest BCUT2D eigenvalue weighted by Crippen LogP contribution is -2.31. The molecule has 0 aromatic heterocycles. The average molecular weight is 330 g/mol. The Hall–Kier alpha value is -0.420. The van der Waals surface area contributed by atoms with E-state index < -0.39 is 0 Å². The van der Waals surface area contributed by atoms with Crippen LogP contribution < -0.4 is 5.32 Å². The normalized spacial score (nSPS) is 14.6. The molecule has 0 aliphatic carbocycles. The Balaban J connectivity index is 2.76. The lowest BCUT2D eigenvalue weighted by atomic mass is 10.1. The number of hydrogen-bond acceptors (Lipinski definition) is 3. The molecule has 2 atom stereocenters. The van der Waals surface area contributed by atoms with Crippen molar-refractivity contribution in [3.8, 4) is 0 Å². The first-order valence-corrected chi connectivity index (χ1v) is 7.46. The number of methoxy groups -OCH3 is 1. The van der Waals surface area contributed by atoms with Crippen LogP contribution in [0.3, 0.4) is 0 Å². The van der Waals surface area contributed by atoms with E-state index in [-0.39, 0.29) is 12.2 Å². The molecular weight excluding hydrogens is 306 g/mol. The van der Waals surface area contributed by atoms with E-state index in [2.05, 4.69) is 41.2 Å². The summed E-state index contributed by atoms with van der Waals surface area (Å²) in [5, 5.41) is 3.43. The molecule has 0 radical (unpaired) electrons. The Morgan fingerprint density at radius 2 is 1.89 bits per heavy atom. The highest BCUT2D eigenvalue weighted by atomic mass is 79.9. The molecule has 0 saturated heterocycles. The quantitative estimate of drug-likeness (QED) is 0.791. The van der Waals surface area contributed by atoms with Crippen molar-refractivity contribution in [1.29, 1.82) is 0 Å². The molecule has 2 unspecified atom stereocenters. The third kappa shape index (κ3) is 6.04. The maximum Gasteiger partial charge on any atom is 0.0964 e. The van der Waals surface area contributed by atoms with Crippen molar-refractivity contribution in [1.82, 2.24) is 5.32 Å². The third-order valence-corrected chi connectivity index (χ3v) is 3.48. The molecule has 108 valence electrons. The summed E-state index contributed by atoms with van der Waals surface area (Å²) in [5.41, 5.74) is 1.17. The van der Waals surface area contributed by atoms with Crippen LogP contribution in [0.25, 0.3) is 0 Å². The predicted molar refractivity (Wildman–Crippen MR) is 82.4 cm³/mol. The molecule has 1 aromatic carbocycles. The van der Waals surface area contributed by atoms with Crippen LogP contribution in [0.4, 0.5) is 0 Å². The first-order chi connectivity index (χ1) is 9.04. The lowest BCUT2D eigenvalue weighted by molar-refractivity contribution is -0.0402. The van der Waals surface area contributed by atoms with Crippen molar-refractivity contribution >= 4 is 15.9 Å². The molecule has 0 saturated carbocycles. The van der Waals surface area contributed by atoms with Gasteiger partial charge in [0.1, 0.15) is 0 Å². The minimum absolute atomic E-state index is 0.0168. The molecule has 0 bridgehead atoms. The molecule has 0 aliphatic heterocycles. The van der Waals surface area contributed by atoms with Crippen molar-refractivity contribution in [3.63, 3.8) is 0 Å². The van der Waals surface area contributed by atoms with Crippen LogP contribution >= 0.6 is 15.9 Å². The zero-order valence-corrected chi connectivity index (χ0v) is 13.7. The van der Waals surface area contributed by atoms with Gasteiger partial charge in [-0.1, -0.05) is 48.0 Å². The number of halogens is 1. The largest absolute Gasteiger partial charge is 0.382 e. The van der Waals surface area contributed by atoms with Crippen molar-refractivity contribution < 1.29 is 9.47 Å². The molecule has 1 rings (SSSR count). The van der Waals surface area contributed by atoms with Crippen LogP contribution in [-0.4, -0.2) is 32.4 Å². The van der Waals surface area contributed by atoms with Crippen molar-refractivity contribution in [2.75, 3.05) is 20.3 Å². The lowest BCUT2D eigenvalue weighted by Gasteiger charge is -2.25. The van der Waals surface area contributed by atoms with E-state index in [4.69, 9.17) is 9.47 Å². The molecule has 0 amide bonds. The number of hydrogen-bond donors (Lipinski definition) is 1. The van der Waals surface area contributed by atoms with Gasteiger partial charge in [-0.3, -0.25) is 0 Å². The molecular formula is C15H24BrNO2. The van der Waals surface area contributed by atoms with Crippen LogP contribution in [0.5, 0.6) is 0 Å². The molecule has 19 heavy (non-hydrogen) atoms. The van der Waals surface area contributed by atoms with Crippen LogP contribution in [-0.2, 0) is 9.47 Å². The smallest absolute Gasteiger partial charge is 0.0964 e. The molecule has 4 heteroatoms. The van der Waals surface area contributed by atoms with Crippen molar-refractivity contribution in [2.45, 2.75) is 39.0 Å². The van der Waals surface area contributed by atoms with E-state index >= 15 is 0 Å². The fourth-order valence-corrected chi connectivity index (χ4v) is 2.40. The summed E-state index contributed by atoms with van der Waals surface area (Å²) in [7, 11) is 1.69. The van der Waals surface area contributed by atoms with E-state index in [0.717, 1.165) is 11.0 Å². The van der Waals surface area contributed by atoms with Crippen molar-refractivity contribution in [2.24, 2.45) is 0 Å². The molecule has 3 nitrogen and oxygen atoms in total. The second kappa shape index (κ2) is 8.69. The number of ether oxygens (including phenoxy) is 2. The van der Waals surface area contributed by atoms with Gasteiger partial charge >= 0.3 is 0 Å². The second-order valence-electron chi connectivity index (χ2n) is 4.98.